The van der Waals surface area contributed by atoms with Crippen molar-refractivity contribution in [2.45, 2.75) is 18.3 Å². The molecule has 13 heteroatoms. The number of carbonyl (C=O) groups excluding carboxylic acids is 2. The van der Waals surface area contributed by atoms with Crippen LogP contribution in [0, 0.1) is 0 Å². The van der Waals surface area contributed by atoms with Crippen LogP contribution in [0.25, 0.3) is 5.69 Å². The van der Waals surface area contributed by atoms with Crippen LogP contribution in [0.1, 0.15) is 12.5 Å². The van der Waals surface area contributed by atoms with E-state index in [1.54, 1.807) is 24.3 Å². The number of anilines is 2. The molecule has 0 bridgehead atoms. The maximum absolute atomic E-state index is 13.2. The van der Waals surface area contributed by atoms with Crippen molar-refractivity contribution in [3.63, 3.8) is 0 Å². The summed E-state index contributed by atoms with van der Waals surface area (Å²) in [6.07, 6.45) is -4.68. The van der Waals surface area contributed by atoms with Crippen molar-refractivity contribution in [1.29, 1.82) is 0 Å². The Kier molecular flexibility index (Phi) is 6.81. The molecule has 3 rings (SSSR count). The average Bonchev–Trinajstić information content (AvgIpc) is 3.15. The minimum Gasteiger partial charge on any atom is -0.326 e. The van der Waals surface area contributed by atoms with Crippen LogP contribution < -0.4 is 10.6 Å². The van der Waals surface area contributed by atoms with Gasteiger partial charge >= 0.3 is 6.18 Å². The number of nitrogens with zero attached hydrogens (tertiary/aromatic N) is 4. The molecule has 2 N–H and O–H groups in total. The average molecular weight is 471 g/mol. The van der Waals surface area contributed by atoms with Gasteiger partial charge in [-0.15, -0.1) is 5.10 Å². The summed E-state index contributed by atoms with van der Waals surface area (Å²) in [7, 11) is 0. The van der Waals surface area contributed by atoms with Crippen LogP contribution in [0.3, 0.4) is 0 Å². The molecule has 0 fully saturated rings. The normalized spacial score (nSPS) is 11.3. The van der Waals surface area contributed by atoms with Crippen LogP contribution in [0.5, 0.6) is 0 Å². The summed E-state index contributed by atoms with van der Waals surface area (Å²) in [5, 5.41) is 16.3. The number of thioether (sulfide) groups is 1. The molecule has 0 radical (unpaired) electrons. The molecule has 0 unspecified atom stereocenters. The highest BCUT2D eigenvalue weighted by Crippen LogP contribution is 2.36. The molecule has 0 aliphatic rings. The third kappa shape index (κ3) is 5.95. The third-order valence-corrected chi connectivity index (χ3v) is 4.90. The topological polar surface area (TPSA) is 102 Å². The van der Waals surface area contributed by atoms with Crippen molar-refractivity contribution >= 4 is 46.6 Å². The number of nitrogens with one attached hydrogen (secondary N) is 2. The summed E-state index contributed by atoms with van der Waals surface area (Å²) in [6, 6.07) is 9.77. The van der Waals surface area contributed by atoms with Crippen molar-refractivity contribution in [1.82, 2.24) is 20.2 Å². The fourth-order valence-electron chi connectivity index (χ4n) is 2.53. The molecule has 8 nitrogen and oxygen atoms in total. The quantitative estimate of drug-likeness (QED) is 0.527. The molecule has 3 aromatic rings. The van der Waals surface area contributed by atoms with Gasteiger partial charge in [0, 0.05) is 17.6 Å². The molecule has 2 amide bonds. The first-order valence-corrected chi connectivity index (χ1v) is 9.95. The highest BCUT2D eigenvalue weighted by atomic mass is 35.5. The van der Waals surface area contributed by atoms with Crippen LogP contribution in [0.15, 0.2) is 47.6 Å². The molecule has 0 saturated carbocycles. The molecule has 1 aromatic heterocycles. The Hall–Kier alpha value is -3.12. The van der Waals surface area contributed by atoms with E-state index in [0.717, 1.165) is 23.9 Å². The molecule has 1 heterocycles. The maximum Gasteiger partial charge on any atom is 0.418 e. The van der Waals surface area contributed by atoms with E-state index in [0.29, 0.717) is 11.4 Å². The number of hydrogen-bond donors (Lipinski definition) is 2. The Morgan fingerprint density at radius 2 is 1.94 bits per heavy atom. The summed E-state index contributed by atoms with van der Waals surface area (Å²) >= 11 is 6.57. The number of carbonyl (C=O) groups is 2. The first-order valence-electron chi connectivity index (χ1n) is 8.59. The van der Waals surface area contributed by atoms with E-state index in [1.165, 1.54) is 17.7 Å². The predicted molar refractivity (Wildman–Crippen MR) is 109 cm³/mol. The van der Waals surface area contributed by atoms with E-state index in [4.69, 9.17) is 11.6 Å². The summed E-state index contributed by atoms with van der Waals surface area (Å²) in [4.78, 5) is 23.5. The van der Waals surface area contributed by atoms with E-state index in [2.05, 4.69) is 26.2 Å². The number of rotatable bonds is 6. The number of aromatic nitrogens is 4. The fraction of sp³-hybridized carbons (Fsp3) is 0.167. The molecular formula is C18H14ClF3N6O2S. The van der Waals surface area contributed by atoms with Gasteiger partial charge in [-0.2, -0.15) is 17.9 Å². The van der Waals surface area contributed by atoms with Gasteiger partial charge in [0.1, 0.15) is 0 Å². The molecule has 0 atom stereocenters. The standard InChI is InChI=1S/C18H14ClF3N6O2S/c1-10(29)23-12-3-2-4-13(8-12)28-17(25-26-27-28)31-9-16(30)24-15-6-5-11(19)7-14(15)18(20,21)22/h2-8H,9H2,1H3,(H,23,29)(H,24,30). The largest absolute Gasteiger partial charge is 0.418 e. The van der Waals surface area contributed by atoms with Gasteiger partial charge in [0.2, 0.25) is 17.0 Å². The molecule has 31 heavy (non-hydrogen) atoms. The second kappa shape index (κ2) is 9.35. The minimum absolute atomic E-state index is 0.0969. The Morgan fingerprint density at radius 3 is 2.65 bits per heavy atom. The molecule has 0 spiro atoms. The van der Waals surface area contributed by atoms with Gasteiger partial charge in [-0.1, -0.05) is 29.4 Å². The summed E-state index contributed by atoms with van der Waals surface area (Å²) < 4.78 is 40.8. The Morgan fingerprint density at radius 1 is 1.16 bits per heavy atom. The van der Waals surface area contributed by atoms with Crippen LogP contribution in [0.2, 0.25) is 5.02 Å². The van der Waals surface area contributed by atoms with E-state index in [1.807, 2.05) is 0 Å². The number of benzene rings is 2. The van der Waals surface area contributed by atoms with Gasteiger partial charge in [-0.3, -0.25) is 9.59 Å². The number of amides is 2. The maximum atomic E-state index is 13.2. The van der Waals surface area contributed by atoms with Crippen LogP contribution in [0.4, 0.5) is 24.5 Å². The van der Waals surface area contributed by atoms with E-state index < -0.39 is 23.3 Å². The molecule has 0 aliphatic carbocycles. The van der Waals surface area contributed by atoms with Crippen molar-refractivity contribution in [2.24, 2.45) is 0 Å². The van der Waals surface area contributed by atoms with Crippen molar-refractivity contribution in [2.75, 3.05) is 16.4 Å². The number of tetrazole rings is 1. The fourth-order valence-corrected chi connectivity index (χ4v) is 3.39. The summed E-state index contributed by atoms with van der Waals surface area (Å²) in [5.74, 6) is -1.17. The van der Waals surface area contributed by atoms with Crippen molar-refractivity contribution < 1.29 is 22.8 Å². The van der Waals surface area contributed by atoms with Gasteiger partial charge in [-0.05, 0) is 46.8 Å². The third-order valence-electron chi connectivity index (χ3n) is 3.75. The van der Waals surface area contributed by atoms with Gasteiger partial charge in [0.25, 0.3) is 0 Å². The van der Waals surface area contributed by atoms with E-state index >= 15 is 0 Å². The lowest BCUT2D eigenvalue weighted by Crippen LogP contribution is -2.18. The van der Waals surface area contributed by atoms with Crippen molar-refractivity contribution in [3.8, 4) is 5.69 Å². The molecule has 2 aromatic carbocycles. The molecule has 0 saturated heterocycles. The highest BCUT2D eigenvalue weighted by molar-refractivity contribution is 7.99. The number of halogens is 4. The second-order valence-corrected chi connectivity index (χ2v) is 7.51. The molecule has 162 valence electrons. The first kappa shape index (κ1) is 22.6. The van der Waals surface area contributed by atoms with Crippen LogP contribution in [-0.4, -0.2) is 37.8 Å². The number of alkyl halides is 3. The molecular weight excluding hydrogens is 457 g/mol. The zero-order valence-electron chi connectivity index (χ0n) is 15.8. The Bertz CT molecular complexity index is 1120. The van der Waals surface area contributed by atoms with Crippen molar-refractivity contribution in [3.05, 3.63) is 53.1 Å². The summed E-state index contributed by atoms with van der Waals surface area (Å²) in [6.45, 7) is 1.37. The first-order chi connectivity index (χ1) is 14.6. The van der Waals surface area contributed by atoms with E-state index in [9.17, 15) is 22.8 Å². The summed E-state index contributed by atoms with van der Waals surface area (Å²) in [5.41, 5.74) is -0.393. The monoisotopic (exact) mass is 470 g/mol. The lowest BCUT2D eigenvalue weighted by Gasteiger charge is -2.14. The van der Waals surface area contributed by atoms with Gasteiger partial charge < -0.3 is 10.6 Å². The highest BCUT2D eigenvalue weighted by Gasteiger charge is 2.34. The van der Waals surface area contributed by atoms with E-state index in [-0.39, 0.29) is 21.8 Å². The second-order valence-electron chi connectivity index (χ2n) is 6.13. The SMILES string of the molecule is CC(=O)Nc1cccc(-n2nnnc2SCC(=O)Nc2ccc(Cl)cc2C(F)(F)F)c1. The Balaban J connectivity index is 1.71. The van der Waals surface area contributed by atoms with Crippen LogP contribution >= 0.6 is 23.4 Å². The van der Waals surface area contributed by atoms with Gasteiger partial charge in [-0.25, -0.2) is 0 Å². The van der Waals surface area contributed by atoms with Gasteiger partial charge in [0.05, 0.1) is 22.7 Å². The smallest absolute Gasteiger partial charge is 0.326 e. The predicted octanol–water partition coefficient (Wildman–Crippen LogP) is 4.02. The zero-order valence-corrected chi connectivity index (χ0v) is 17.3. The van der Waals surface area contributed by atoms with Crippen LogP contribution in [-0.2, 0) is 15.8 Å². The zero-order chi connectivity index (χ0) is 22.6. The lowest BCUT2D eigenvalue weighted by molar-refractivity contribution is -0.137. The minimum atomic E-state index is -4.68. The van der Waals surface area contributed by atoms with Gasteiger partial charge in [0.15, 0.2) is 0 Å². The lowest BCUT2D eigenvalue weighted by atomic mass is 10.1. The number of hydrogen-bond acceptors (Lipinski definition) is 6. The molecule has 0 aliphatic heterocycles. The Labute approximate surface area is 183 Å².